The van der Waals surface area contributed by atoms with Crippen molar-refractivity contribution in [1.82, 2.24) is 14.8 Å². The highest BCUT2D eigenvalue weighted by Gasteiger charge is 2.20. The van der Waals surface area contributed by atoms with E-state index in [9.17, 15) is 4.79 Å². The molecular formula is C26H28N4O3. The monoisotopic (exact) mass is 444 g/mol. The first-order chi connectivity index (χ1) is 16.0. The number of amides is 1. The lowest BCUT2D eigenvalue weighted by molar-refractivity contribution is 0.102. The fourth-order valence-corrected chi connectivity index (χ4v) is 3.76. The lowest BCUT2D eigenvalue weighted by Gasteiger charge is -2.15. The normalized spacial score (nSPS) is 10.9. The van der Waals surface area contributed by atoms with Crippen LogP contribution in [0.5, 0.6) is 11.5 Å². The molecule has 0 fully saturated rings. The lowest BCUT2D eigenvalue weighted by Crippen LogP contribution is -2.14. The Bertz CT molecular complexity index is 1280. The van der Waals surface area contributed by atoms with Gasteiger partial charge in [0.15, 0.2) is 5.65 Å². The number of pyridine rings is 1. The summed E-state index contributed by atoms with van der Waals surface area (Å²) in [5, 5.41) is 8.25. The van der Waals surface area contributed by atoms with Crippen molar-refractivity contribution in [1.29, 1.82) is 0 Å². The van der Waals surface area contributed by atoms with Crippen molar-refractivity contribution in [2.24, 2.45) is 7.05 Å². The van der Waals surface area contributed by atoms with Crippen LogP contribution in [0.1, 0.15) is 35.8 Å². The summed E-state index contributed by atoms with van der Waals surface area (Å²) in [5.41, 5.74) is 4.10. The van der Waals surface area contributed by atoms with E-state index in [1.54, 1.807) is 17.9 Å². The van der Waals surface area contributed by atoms with E-state index in [2.05, 4.69) is 17.3 Å². The summed E-state index contributed by atoms with van der Waals surface area (Å²) in [6, 6.07) is 17.0. The van der Waals surface area contributed by atoms with Gasteiger partial charge in [-0.15, -0.1) is 0 Å². The number of aromatic nitrogens is 3. The summed E-state index contributed by atoms with van der Waals surface area (Å²) in [6.07, 6.45) is 1.95. The van der Waals surface area contributed by atoms with Crippen molar-refractivity contribution in [2.75, 3.05) is 19.0 Å². The molecule has 2 aromatic heterocycles. The second-order valence-electron chi connectivity index (χ2n) is 7.85. The van der Waals surface area contributed by atoms with E-state index in [-0.39, 0.29) is 5.91 Å². The van der Waals surface area contributed by atoms with Crippen LogP contribution in [0.3, 0.4) is 0 Å². The predicted molar refractivity (Wildman–Crippen MR) is 130 cm³/mol. The van der Waals surface area contributed by atoms with Crippen LogP contribution in [0.2, 0.25) is 0 Å². The van der Waals surface area contributed by atoms with Crippen molar-refractivity contribution in [3.05, 3.63) is 65.9 Å². The largest absolute Gasteiger partial charge is 0.497 e. The number of rotatable bonds is 8. The summed E-state index contributed by atoms with van der Waals surface area (Å²) < 4.78 is 13.0. The fourth-order valence-electron chi connectivity index (χ4n) is 3.76. The van der Waals surface area contributed by atoms with Gasteiger partial charge < -0.3 is 14.8 Å². The summed E-state index contributed by atoms with van der Waals surface area (Å²) in [5.74, 6) is 0.980. The highest BCUT2D eigenvalue weighted by atomic mass is 16.5. The van der Waals surface area contributed by atoms with Crippen molar-refractivity contribution in [2.45, 2.75) is 26.7 Å². The molecule has 7 nitrogen and oxygen atoms in total. The van der Waals surface area contributed by atoms with Crippen LogP contribution in [0.4, 0.5) is 5.69 Å². The number of nitrogens with one attached hydrogen (secondary N) is 1. The Balaban J connectivity index is 1.77. The first-order valence-electron chi connectivity index (χ1n) is 11.0. The molecule has 0 aliphatic rings. The smallest absolute Gasteiger partial charge is 0.256 e. The van der Waals surface area contributed by atoms with Gasteiger partial charge in [0.25, 0.3) is 5.91 Å². The molecule has 0 bridgehead atoms. The zero-order chi connectivity index (χ0) is 23.4. The van der Waals surface area contributed by atoms with Crippen LogP contribution < -0.4 is 14.8 Å². The Kier molecular flexibility index (Phi) is 6.58. The molecular weight excluding hydrogens is 416 g/mol. The Labute approximate surface area is 193 Å². The zero-order valence-corrected chi connectivity index (χ0v) is 19.4. The van der Waals surface area contributed by atoms with Crippen molar-refractivity contribution >= 4 is 22.6 Å². The van der Waals surface area contributed by atoms with Gasteiger partial charge in [-0.05, 0) is 31.5 Å². The minimum Gasteiger partial charge on any atom is -0.497 e. The Morgan fingerprint density at radius 2 is 1.91 bits per heavy atom. The number of ether oxygens (including phenoxy) is 2. The highest BCUT2D eigenvalue weighted by molar-refractivity contribution is 6.13. The Morgan fingerprint density at radius 3 is 2.64 bits per heavy atom. The van der Waals surface area contributed by atoms with E-state index in [4.69, 9.17) is 14.5 Å². The number of fused-ring (bicyclic) bond motifs is 1. The zero-order valence-electron chi connectivity index (χ0n) is 19.4. The van der Waals surface area contributed by atoms with Gasteiger partial charge in [0.05, 0.1) is 41.7 Å². The minimum atomic E-state index is -0.260. The lowest BCUT2D eigenvalue weighted by atomic mass is 10.0. The van der Waals surface area contributed by atoms with Gasteiger partial charge in [-0.25, -0.2) is 4.98 Å². The molecule has 0 aliphatic heterocycles. The molecule has 2 heterocycles. The van der Waals surface area contributed by atoms with Crippen LogP contribution >= 0.6 is 0 Å². The van der Waals surface area contributed by atoms with Gasteiger partial charge in [0.2, 0.25) is 0 Å². The van der Waals surface area contributed by atoms with E-state index in [0.717, 1.165) is 29.5 Å². The molecule has 0 radical (unpaired) electrons. The first-order valence-corrected chi connectivity index (χ1v) is 11.0. The van der Waals surface area contributed by atoms with Gasteiger partial charge in [0, 0.05) is 18.7 Å². The van der Waals surface area contributed by atoms with Crippen LogP contribution in [-0.2, 0) is 7.05 Å². The van der Waals surface area contributed by atoms with Crippen LogP contribution in [0.25, 0.3) is 22.3 Å². The minimum absolute atomic E-state index is 0.260. The molecule has 0 spiro atoms. The molecule has 0 atom stereocenters. The third kappa shape index (κ3) is 4.67. The van der Waals surface area contributed by atoms with Gasteiger partial charge in [0.1, 0.15) is 11.5 Å². The molecule has 1 amide bonds. The molecule has 0 aliphatic carbocycles. The van der Waals surface area contributed by atoms with Crippen molar-refractivity contribution in [3.8, 4) is 22.8 Å². The van der Waals surface area contributed by atoms with E-state index >= 15 is 0 Å². The maximum atomic E-state index is 13.6. The number of hydrogen-bond acceptors (Lipinski definition) is 5. The maximum absolute atomic E-state index is 13.6. The number of carbonyl (C=O) groups is 1. The van der Waals surface area contributed by atoms with Gasteiger partial charge >= 0.3 is 0 Å². The molecule has 2 aromatic carbocycles. The summed E-state index contributed by atoms with van der Waals surface area (Å²) in [7, 11) is 3.43. The van der Waals surface area contributed by atoms with E-state index in [1.165, 1.54) is 0 Å². The second-order valence-corrected chi connectivity index (χ2v) is 7.85. The third-order valence-corrected chi connectivity index (χ3v) is 5.47. The Morgan fingerprint density at radius 1 is 1.12 bits per heavy atom. The number of nitrogens with zero attached hydrogens (tertiary/aromatic N) is 3. The standard InChI is InChI=1S/C26H28N4O3/c1-5-6-14-33-23-13-12-19(32-4)15-22(23)28-26(31)20-16-21(18-10-8-7-9-11-18)27-25-24(20)17(2)29-30(25)3/h7-13,15-16H,5-6,14H2,1-4H3,(H,28,31). The van der Waals surface area contributed by atoms with Gasteiger partial charge in [-0.3, -0.25) is 9.48 Å². The number of carbonyl (C=O) groups excluding carboxylic acids is 1. The quantitative estimate of drug-likeness (QED) is 0.369. The van der Waals surface area contributed by atoms with Crippen molar-refractivity contribution < 1.29 is 14.3 Å². The number of methoxy groups -OCH3 is 1. The number of anilines is 1. The van der Waals surface area contributed by atoms with Crippen LogP contribution in [0.15, 0.2) is 54.6 Å². The molecule has 1 N–H and O–H groups in total. The number of benzene rings is 2. The van der Waals surface area contributed by atoms with E-state index in [0.29, 0.717) is 40.7 Å². The molecule has 170 valence electrons. The second kappa shape index (κ2) is 9.73. The molecule has 7 heteroatoms. The van der Waals surface area contributed by atoms with Gasteiger partial charge in [-0.2, -0.15) is 5.10 Å². The maximum Gasteiger partial charge on any atom is 0.256 e. The van der Waals surface area contributed by atoms with E-state index < -0.39 is 0 Å². The fraction of sp³-hybridized carbons (Fsp3) is 0.269. The van der Waals surface area contributed by atoms with E-state index in [1.807, 2.05) is 62.5 Å². The number of hydrogen-bond donors (Lipinski definition) is 1. The molecule has 0 saturated carbocycles. The summed E-state index contributed by atoms with van der Waals surface area (Å²) in [4.78, 5) is 18.4. The summed E-state index contributed by atoms with van der Waals surface area (Å²) in [6.45, 7) is 4.56. The van der Waals surface area contributed by atoms with Crippen LogP contribution in [-0.4, -0.2) is 34.4 Å². The highest BCUT2D eigenvalue weighted by Crippen LogP contribution is 2.32. The molecule has 33 heavy (non-hydrogen) atoms. The molecule has 4 aromatic rings. The van der Waals surface area contributed by atoms with Crippen LogP contribution in [0, 0.1) is 6.92 Å². The molecule has 4 rings (SSSR count). The summed E-state index contributed by atoms with van der Waals surface area (Å²) >= 11 is 0. The first kappa shape index (κ1) is 22.3. The predicted octanol–water partition coefficient (Wildman–Crippen LogP) is 5.38. The van der Waals surface area contributed by atoms with Gasteiger partial charge in [-0.1, -0.05) is 43.7 Å². The SMILES string of the molecule is CCCCOc1ccc(OC)cc1NC(=O)c1cc(-c2ccccc2)nc2c1c(C)nn2C. The average molecular weight is 445 g/mol. The molecule has 0 saturated heterocycles. The number of unbranched alkanes of at least 4 members (excludes halogenated alkanes) is 1. The topological polar surface area (TPSA) is 78.3 Å². The van der Waals surface area contributed by atoms with Crippen molar-refractivity contribution in [3.63, 3.8) is 0 Å². The Hall–Kier alpha value is -3.87. The average Bonchev–Trinajstić information content (AvgIpc) is 3.13. The number of aryl methyl sites for hydroxylation is 2. The third-order valence-electron chi connectivity index (χ3n) is 5.47. The molecule has 0 unspecified atom stereocenters.